The predicted octanol–water partition coefficient (Wildman–Crippen LogP) is 2.01. The van der Waals surface area contributed by atoms with E-state index in [1.54, 1.807) is 6.92 Å². The van der Waals surface area contributed by atoms with Crippen LogP contribution in [0.25, 0.3) is 0 Å². The Hall–Kier alpha value is -0.680. The van der Waals surface area contributed by atoms with Crippen molar-refractivity contribution in [2.45, 2.75) is 52.2 Å². The van der Waals surface area contributed by atoms with Crippen LogP contribution < -0.4 is 0 Å². The summed E-state index contributed by atoms with van der Waals surface area (Å²) in [7, 11) is 0. The fourth-order valence-corrected chi connectivity index (χ4v) is 1.95. The van der Waals surface area contributed by atoms with Crippen LogP contribution in [-0.2, 0) is 12.0 Å². The molecule has 0 spiro atoms. The van der Waals surface area contributed by atoms with Crippen molar-refractivity contribution in [2.75, 3.05) is 0 Å². The number of aromatic nitrogens is 3. The van der Waals surface area contributed by atoms with E-state index in [2.05, 4.69) is 31.0 Å². The van der Waals surface area contributed by atoms with E-state index >= 15 is 0 Å². The molecule has 86 valence electrons. The molecular weight excluding hydrogens is 210 g/mol. The van der Waals surface area contributed by atoms with E-state index in [1.807, 2.05) is 4.57 Å². The van der Waals surface area contributed by atoms with Crippen molar-refractivity contribution >= 4 is 12.2 Å². The van der Waals surface area contributed by atoms with Gasteiger partial charge in [0, 0.05) is 12.0 Å². The first kappa shape index (κ1) is 12.4. The molecular formula is C10H19N3OS. The van der Waals surface area contributed by atoms with Gasteiger partial charge in [-0.15, -0.1) is 0 Å². The molecule has 1 aromatic rings. The molecule has 1 aromatic heterocycles. The molecule has 1 unspecified atom stereocenters. The number of hydrogen-bond donors (Lipinski definition) is 2. The maximum absolute atomic E-state index is 9.24. The highest BCUT2D eigenvalue weighted by Crippen LogP contribution is 2.17. The van der Waals surface area contributed by atoms with E-state index in [0.29, 0.717) is 11.2 Å². The SMILES string of the molecule is CC(O)CCc1n[nH]c(=S)n1C(C)(C)C. The van der Waals surface area contributed by atoms with E-state index in [0.717, 1.165) is 12.2 Å². The summed E-state index contributed by atoms with van der Waals surface area (Å²) in [5.74, 6) is 0.911. The normalized spacial score (nSPS) is 14.2. The summed E-state index contributed by atoms with van der Waals surface area (Å²) >= 11 is 5.18. The molecule has 0 fully saturated rings. The number of aliphatic hydroxyl groups is 1. The van der Waals surface area contributed by atoms with Crippen LogP contribution in [0.1, 0.15) is 39.9 Å². The standard InChI is InChI=1S/C10H19N3OS/c1-7(14)5-6-8-11-12-9(15)13(8)10(2,3)4/h7,14H,5-6H2,1-4H3,(H,12,15). The fraction of sp³-hybridized carbons (Fsp3) is 0.800. The van der Waals surface area contributed by atoms with Gasteiger partial charge in [0.15, 0.2) is 4.77 Å². The van der Waals surface area contributed by atoms with Crippen LogP contribution in [0, 0.1) is 4.77 Å². The monoisotopic (exact) mass is 229 g/mol. The smallest absolute Gasteiger partial charge is 0.195 e. The van der Waals surface area contributed by atoms with Gasteiger partial charge >= 0.3 is 0 Å². The molecule has 0 bridgehead atoms. The molecule has 1 rings (SSSR count). The Morgan fingerprint density at radius 2 is 2.13 bits per heavy atom. The molecule has 2 N–H and O–H groups in total. The minimum absolute atomic E-state index is 0.0713. The first-order valence-electron chi connectivity index (χ1n) is 5.17. The van der Waals surface area contributed by atoms with Crippen molar-refractivity contribution in [3.63, 3.8) is 0 Å². The maximum atomic E-state index is 9.24. The van der Waals surface area contributed by atoms with Crippen LogP contribution in [0.5, 0.6) is 0 Å². The number of nitrogens with zero attached hydrogens (tertiary/aromatic N) is 2. The van der Waals surface area contributed by atoms with E-state index in [-0.39, 0.29) is 11.6 Å². The first-order valence-corrected chi connectivity index (χ1v) is 5.58. The zero-order valence-electron chi connectivity index (χ0n) is 9.74. The van der Waals surface area contributed by atoms with Gasteiger partial charge in [0.05, 0.1) is 6.10 Å². The molecule has 1 heterocycles. The quantitative estimate of drug-likeness (QED) is 0.780. The second kappa shape index (κ2) is 4.45. The second-order valence-corrected chi connectivity index (χ2v) is 5.23. The molecule has 0 saturated carbocycles. The Labute approximate surface area is 95.3 Å². The molecule has 5 heteroatoms. The van der Waals surface area contributed by atoms with Crippen molar-refractivity contribution in [3.8, 4) is 0 Å². The zero-order chi connectivity index (χ0) is 11.6. The van der Waals surface area contributed by atoms with E-state index in [1.165, 1.54) is 0 Å². The molecule has 4 nitrogen and oxygen atoms in total. The molecule has 1 atom stereocenters. The number of aromatic amines is 1. The van der Waals surface area contributed by atoms with Gasteiger partial charge in [-0.25, -0.2) is 0 Å². The molecule has 0 saturated heterocycles. The van der Waals surface area contributed by atoms with Crippen molar-refractivity contribution in [1.82, 2.24) is 14.8 Å². The molecule has 0 aliphatic rings. The summed E-state index contributed by atoms with van der Waals surface area (Å²) in [6, 6.07) is 0. The average Bonchev–Trinajstić information content (AvgIpc) is 2.42. The van der Waals surface area contributed by atoms with Crippen molar-refractivity contribution in [1.29, 1.82) is 0 Å². The van der Waals surface area contributed by atoms with Crippen LogP contribution in [0.3, 0.4) is 0 Å². The van der Waals surface area contributed by atoms with Crippen LogP contribution >= 0.6 is 12.2 Å². The van der Waals surface area contributed by atoms with Crippen LogP contribution in [0.15, 0.2) is 0 Å². The Bertz CT molecular complexity index is 373. The van der Waals surface area contributed by atoms with Crippen LogP contribution in [0.2, 0.25) is 0 Å². The van der Waals surface area contributed by atoms with Gasteiger partial charge < -0.3 is 5.11 Å². The minimum Gasteiger partial charge on any atom is -0.393 e. The zero-order valence-corrected chi connectivity index (χ0v) is 10.6. The third-order valence-corrected chi connectivity index (χ3v) is 2.47. The third kappa shape index (κ3) is 3.14. The molecule has 0 aliphatic carbocycles. The number of hydrogen-bond acceptors (Lipinski definition) is 3. The Kier molecular flexibility index (Phi) is 3.67. The van der Waals surface area contributed by atoms with E-state index < -0.39 is 0 Å². The highest BCUT2D eigenvalue weighted by atomic mass is 32.1. The number of rotatable bonds is 3. The lowest BCUT2D eigenvalue weighted by Gasteiger charge is -2.22. The lowest BCUT2D eigenvalue weighted by Crippen LogP contribution is -2.24. The second-order valence-electron chi connectivity index (χ2n) is 4.84. The molecule has 15 heavy (non-hydrogen) atoms. The van der Waals surface area contributed by atoms with Gasteiger partial charge in [0.2, 0.25) is 0 Å². The topological polar surface area (TPSA) is 53.8 Å². The van der Waals surface area contributed by atoms with Gasteiger partial charge in [-0.1, -0.05) is 0 Å². The Morgan fingerprint density at radius 1 is 1.53 bits per heavy atom. The third-order valence-electron chi connectivity index (χ3n) is 2.20. The van der Waals surface area contributed by atoms with Crippen LogP contribution in [0.4, 0.5) is 0 Å². The van der Waals surface area contributed by atoms with Gasteiger partial charge in [0.1, 0.15) is 5.82 Å². The van der Waals surface area contributed by atoms with Crippen molar-refractivity contribution in [3.05, 3.63) is 10.6 Å². The maximum Gasteiger partial charge on any atom is 0.195 e. The van der Waals surface area contributed by atoms with Gasteiger partial charge in [-0.05, 0) is 46.3 Å². The summed E-state index contributed by atoms with van der Waals surface area (Å²) in [6.07, 6.45) is 1.14. The fourth-order valence-electron chi connectivity index (χ4n) is 1.53. The molecule has 0 aromatic carbocycles. The number of H-pyrrole nitrogens is 1. The summed E-state index contributed by atoms with van der Waals surface area (Å²) in [6.45, 7) is 8.04. The largest absolute Gasteiger partial charge is 0.393 e. The highest BCUT2D eigenvalue weighted by Gasteiger charge is 2.19. The number of aryl methyl sites for hydroxylation is 1. The lowest BCUT2D eigenvalue weighted by molar-refractivity contribution is 0.183. The Morgan fingerprint density at radius 3 is 2.60 bits per heavy atom. The van der Waals surface area contributed by atoms with Gasteiger partial charge in [-0.2, -0.15) is 5.10 Å². The van der Waals surface area contributed by atoms with E-state index in [4.69, 9.17) is 12.2 Å². The molecule has 0 amide bonds. The van der Waals surface area contributed by atoms with Crippen molar-refractivity contribution < 1.29 is 5.11 Å². The van der Waals surface area contributed by atoms with Crippen molar-refractivity contribution in [2.24, 2.45) is 0 Å². The lowest BCUT2D eigenvalue weighted by atomic mass is 10.1. The highest BCUT2D eigenvalue weighted by molar-refractivity contribution is 7.71. The van der Waals surface area contributed by atoms with Gasteiger partial charge in [0.25, 0.3) is 0 Å². The molecule has 0 aliphatic heterocycles. The molecule has 0 radical (unpaired) electrons. The average molecular weight is 229 g/mol. The van der Waals surface area contributed by atoms with Crippen LogP contribution in [-0.4, -0.2) is 26.0 Å². The van der Waals surface area contributed by atoms with Gasteiger partial charge in [-0.3, -0.25) is 9.67 Å². The first-order chi connectivity index (χ1) is 6.82. The minimum atomic E-state index is -0.302. The Balaban J connectivity index is 2.95. The van der Waals surface area contributed by atoms with E-state index in [9.17, 15) is 5.11 Å². The number of aliphatic hydroxyl groups excluding tert-OH is 1. The summed E-state index contributed by atoms with van der Waals surface area (Å²) in [5.41, 5.74) is -0.0713. The summed E-state index contributed by atoms with van der Waals surface area (Å²) in [4.78, 5) is 0. The summed E-state index contributed by atoms with van der Waals surface area (Å²) < 4.78 is 2.65. The predicted molar refractivity (Wildman–Crippen MR) is 62.4 cm³/mol. The summed E-state index contributed by atoms with van der Waals surface area (Å²) in [5, 5.41) is 16.2. The number of nitrogens with one attached hydrogen (secondary N) is 1.